The molecule has 0 unspecified atom stereocenters. The average Bonchev–Trinajstić information content (AvgIpc) is 3.52. The smallest absolute Gasteiger partial charge is 0.341 e. The van der Waals surface area contributed by atoms with E-state index in [1.807, 2.05) is 13.0 Å². The van der Waals surface area contributed by atoms with Gasteiger partial charge < -0.3 is 24.8 Å². The molecule has 0 spiro atoms. The fraction of sp³-hybridized carbons (Fsp3) is 0.600. The Morgan fingerprint density at radius 3 is 2.74 bits per heavy atom. The van der Waals surface area contributed by atoms with Crippen molar-refractivity contribution in [2.45, 2.75) is 32.7 Å². The number of nitrogens with zero attached hydrogens (tertiary/aromatic N) is 1. The van der Waals surface area contributed by atoms with Crippen LogP contribution in [0.15, 0.2) is 23.2 Å². The largest absolute Gasteiger partial charge is 0.496 e. The number of rotatable bonds is 11. The second kappa shape index (κ2) is 11.4. The summed E-state index contributed by atoms with van der Waals surface area (Å²) >= 11 is 0. The molecule has 0 bridgehead atoms. The van der Waals surface area contributed by atoms with Gasteiger partial charge in [0.2, 0.25) is 0 Å². The number of methoxy groups -OCH3 is 2. The van der Waals surface area contributed by atoms with Gasteiger partial charge in [-0.25, -0.2) is 9.79 Å². The van der Waals surface area contributed by atoms with E-state index in [1.54, 1.807) is 12.1 Å². The number of aliphatic imine (C=N–C) groups is 1. The summed E-state index contributed by atoms with van der Waals surface area (Å²) in [7, 11) is 2.88. The predicted molar refractivity (Wildman–Crippen MR) is 105 cm³/mol. The summed E-state index contributed by atoms with van der Waals surface area (Å²) in [5, 5.41) is 6.53. The number of carbonyl (C=O) groups excluding carboxylic acids is 1. The number of nitrogens with one attached hydrogen (secondary N) is 2. The predicted octanol–water partition coefficient (Wildman–Crippen LogP) is 2.35. The number of carbonyl (C=O) groups is 1. The summed E-state index contributed by atoms with van der Waals surface area (Å²) in [6, 6.07) is 5.40. The lowest BCUT2D eigenvalue weighted by Gasteiger charge is -2.12. The zero-order chi connectivity index (χ0) is 19.5. The van der Waals surface area contributed by atoms with Crippen LogP contribution in [0, 0.1) is 5.92 Å². The van der Waals surface area contributed by atoms with Crippen LogP contribution in [-0.4, -0.2) is 52.5 Å². The zero-order valence-corrected chi connectivity index (χ0v) is 16.5. The molecule has 1 fully saturated rings. The minimum absolute atomic E-state index is 0.401. The maximum atomic E-state index is 11.9. The van der Waals surface area contributed by atoms with Crippen molar-refractivity contribution < 1.29 is 19.0 Å². The Bertz CT molecular complexity index is 630. The van der Waals surface area contributed by atoms with E-state index in [0.717, 1.165) is 50.2 Å². The lowest BCUT2D eigenvalue weighted by molar-refractivity contribution is 0.0597. The highest BCUT2D eigenvalue weighted by Crippen LogP contribution is 2.28. The molecule has 0 saturated heterocycles. The van der Waals surface area contributed by atoms with Gasteiger partial charge in [0.05, 0.1) is 20.8 Å². The van der Waals surface area contributed by atoms with Crippen molar-refractivity contribution in [2.75, 3.05) is 40.5 Å². The molecule has 0 radical (unpaired) electrons. The van der Waals surface area contributed by atoms with Gasteiger partial charge >= 0.3 is 5.97 Å². The molecule has 150 valence electrons. The Balaban J connectivity index is 1.85. The minimum atomic E-state index is -0.422. The molecule has 2 rings (SSSR count). The fourth-order valence-corrected chi connectivity index (χ4v) is 2.55. The van der Waals surface area contributed by atoms with Crippen LogP contribution < -0.4 is 15.4 Å². The van der Waals surface area contributed by atoms with Gasteiger partial charge in [0.1, 0.15) is 11.3 Å². The van der Waals surface area contributed by atoms with E-state index in [9.17, 15) is 4.79 Å². The van der Waals surface area contributed by atoms with Crippen molar-refractivity contribution in [1.29, 1.82) is 0 Å². The van der Waals surface area contributed by atoms with Crippen LogP contribution in [0.25, 0.3) is 0 Å². The molecular weight excluding hydrogens is 346 g/mol. The maximum absolute atomic E-state index is 11.9. The van der Waals surface area contributed by atoms with E-state index < -0.39 is 5.97 Å². The Morgan fingerprint density at radius 2 is 2.07 bits per heavy atom. The highest BCUT2D eigenvalue weighted by molar-refractivity contribution is 5.92. The van der Waals surface area contributed by atoms with Crippen molar-refractivity contribution in [3.8, 4) is 5.75 Å². The summed E-state index contributed by atoms with van der Waals surface area (Å²) in [5.41, 5.74) is 1.31. The van der Waals surface area contributed by atoms with Gasteiger partial charge in [-0.1, -0.05) is 6.07 Å². The number of hydrogen-bond donors (Lipinski definition) is 2. The molecule has 27 heavy (non-hydrogen) atoms. The average molecular weight is 377 g/mol. The maximum Gasteiger partial charge on any atom is 0.341 e. The minimum Gasteiger partial charge on any atom is -0.496 e. The molecule has 1 aliphatic carbocycles. The second-order valence-corrected chi connectivity index (χ2v) is 6.52. The van der Waals surface area contributed by atoms with E-state index in [4.69, 9.17) is 14.2 Å². The van der Waals surface area contributed by atoms with Gasteiger partial charge in [-0.2, -0.15) is 0 Å². The molecule has 0 amide bonds. The first-order chi connectivity index (χ1) is 13.2. The third kappa shape index (κ3) is 7.46. The van der Waals surface area contributed by atoms with E-state index >= 15 is 0 Å². The van der Waals surface area contributed by atoms with Gasteiger partial charge in [0.15, 0.2) is 5.96 Å². The monoisotopic (exact) mass is 377 g/mol. The van der Waals surface area contributed by atoms with E-state index in [2.05, 4.69) is 15.6 Å². The quantitative estimate of drug-likeness (QED) is 0.267. The summed E-state index contributed by atoms with van der Waals surface area (Å²) in [5.74, 6) is 1.62. The molecule has 0 heterocycles. The molecular formula is C20H31N3O4. The molecule has 1 aliphatic rings. The molecule has 0 atom stereocenters. The van der Waals surface area contributed by atoms with Gasteiger partial charge in [-0.3, -0.25) is 0 Å². The molecule has 7 nitrogen and oxygen atoms in total. The first kappa shape index (κ1) is 21.0. The molecule has 2 N–H and O–H groups in total. The van der Waals surface area contributed by atoms with Crippen molar-refractivity contribution in [3.05, 3.63) is 29.3 Å². The molecule has 0 aliphatic heterocycles. The lowest BCUT2D eigenvalue weighted by atomic mass is 10.1. The standard InChI is InChI=1S/C20H31N3O4/c1-4-21-20(22-10-5-11-27-14-15-6-7-15)23-13-16-8-9-18(25-2)17(12-16)19(24)26-3/h8-9,12,15H,4-7,10-11,13-14H2,1-3H3,(H2,21,22,23). The van der Waals surface area contributed by atoms with Crippen LogP contribution in [0.2, 0.25) is 0 Å². The number of benzene rings is 1. The molecule has 7 heteroatoms. The molecule has 0 aromatic heterocycles. The first-order valence-electron chi connectivity index (χ1n) is 9.53. The fourth-order valence-electron chi connectivity index (χ4n) is 2.55. The highest BCUT2D eigenvalue weighted by Gasteiger charge is 2.20. The number of guanidine groups is 1. The molecule has 1 aromatic rings. The zero-order valence-electron chi connectivity index (χ0n) is 16.5. The SMILES string of the molecule is CCNC(=NCc1ccc(OC)c(C(=O)OC)c1)NCCCOCC1CC1. The van der Waals surface area contributed by atoms with Crippen molar-refractivity contribution in [2.24, 2.45) is 10.9 Å². The molecule has 1 aromatic carbocycles. The highest BCUT2D eigenvalue weighted by atomic mass is 16.5. The Labute approximate surface area is 161 Å². The first-order valence-corrected chi connectivity index (χ1v) is 9.53. The van der Waals surface area contributed by atoms with E-state index in [0.29, 0.717) is 17.9 Å². The van der Waals surface area contributed by atoms with Gasteiger partial charge in [0.25, 0.3) is 0 Å². The lowest BCUT2D eigenvalue weighted by Crippen LogP contribution is -2.38. The Kier molecular flexibility index (Phi) is 8.91. The van der Waals surface area contributed by atoms with E-state index in [1.165, 1.54) is 27.1 Å². The summed E-state index contributed by atoms with van der Waals surface area (Å²) in [6.45, 7) is 5.71. The second-order valence-electron chi connectivity index (χ2n) is 6.52. The van der Waals surface area contributed by atoms with Crippen LogP contribution in [0.5, 0.6) is 5.75 Å². The topological polar surface area (TPSA) is 81.2 Å². The third-order valence-electron chi connectivity index (χ3n) is 4.24. The van der Waals surface area contributed by atoms with Gasteiger partial charge in [-0.05, 0) is 49.8 Å². The van der Waals surface area contributed by atoms with Crippen LogP contribution in [0.3, 0.4) is 0 Å². The van der Waals surface area contributed by atoms with Crippen molar-refractivity contribution in [3.63, 3.8) is 0 Å². The van der Waals surface area contributed by atoms with Crippen LogP contribution >= 0.6 is 0 Å². The van der Waals surface area contributed by atoms with Crippen molar-refractivity contribution >= 4 is 11.9 Å². The Morgan fingerprint density at radius 1 is 1.26 bits per heavy atom. The summed E-state index contributed by atoms with van der Waals surface area (Å²) in [6.07, 6.45) is 3.57. The third-order valence-corrected chi connectivity index (χ3v) is 4.24. The van der Waals surface area contributed by atoms with E-state index in [-0.39, 0.29) is 0 Å². The summed E-state index contributed by atoms with van der Waals surface area (Å²) in [4.78, 5) is 16.5. The van der Waals surface area contributed by atoms with Crippen LogP contribution in [0.4, 0.5) is 0 Å². The van der Waals surface area contributed by atoms with Crippen LogP contribution in [0.1, 0.15) is 42.1 Å². The normalized spacial score (nSPS) is 14.0. The van der Waals surface area contributed by atoms with Gasteiger partial charge in [-0.15, -0.1) is 0 Å². The number of hydrogen-bond acceptors (Lipinski definition) is 5. The van der Waals surface area contributed by atoms with Crippen LogP contribution in [-0.2, 0) is 16.0 Å². The number of ether oxygens (including phenoxy) is 3. The Hall–Kier alpha value is -2.28. The van der Waals surface area contributed by atoms with Gasteiger partial charge in [0, 0.05) is 26.3 Å². The van der Waals surface area contributed by atoms with Crippen molar-refractivity contribution in [1.82, 2.24) is 10.6 Å². The molecule has 1 saturated carbocycles. The summed E-state index contributed by atoms with van der Waals surface area (Å²) < 4.78 is 15.7. The number of esters is 1.